The summed E-state index contributed by atoms with van der Waals surface area (Å²) in [5, 5.41) is 110. The third-order valence-corrected chi connectivity index (χ3v) is 12.9. The van der Waals surface area contributed by atoms with Crippen LogP contribution >= 0.6 is 0 Å². The lowest BCUT2D eigenvalue weighted by atomic mass is 9.82. The molecule has 3 rings (SSSR count). The Morgan fingerprint density at radius 2 is 1.25 bits per heavy atom. The van der Waals surface area contributed by atoms with Crippen LogP contribution in [0.4, 0.5) is 13.2 Å². The number of methoxy groups -OCH3 is 1. The summed E-state index contributed by atoms with van der Waals surface area (Å²) in [6, 6.07) is -1.94. The van der Waals surface area contributed by atoms with E-state index in [1.807, 2.05) is 0 Å². The molecule has 0 unspecified atom stereocenters. The summed E-state index contributed by atoms with van der Waals surface area (Å²) in [5.74, 6) is -9.14. The number of halogens is 3. The number of aliphatic carboxylic acids is 1. The van der Waals surface area contributed by atoms with Crippen LogP contribution in [-0.2, 0) is 38.1 Å². The fourth-order valence-corrected chi connectivity index (χ4v) is 8.53. The number of amides is 1. The Kier molecular flexibility index (Phi) is 25.6. The van der Waals surface area contributed by atoms with Crippen molar-refractivity contribution in [2.45, 2.75) is 183 Å². The number of carbonyl (C=O) groups excluding carboxylic acids is 2. The van der Waals surface area contributed by atoms with Gasteiger partial charge in [0.1, 0.15) is 24.2 Å². The van der Waals surface area contributed by atoms with Gasteiger partial charge in [-0.2, -0.15) is 13.2 Å². The molecule has 19 atom stereocenters. The maximum Gasteiger partial charge on any atom is 0.471 e. The third-order valence-electron chi connectivity index (χ3n) is 12.9. The lowest BCUT2D eigenvalue weighted by Crippen LogP contribution is -2.65. The van der Waals surface area contributed by atoms with E-state index in [-0.39, 0.29) is 25.2 Å². The van der Waals surface area contributed by atoms with Gasteiger partial charge in [-0.15, -0.1) is 0 Å². The molecule has 2 bridgehead atoms. The topological polar surface area (TPSA) is 312 Å². The number of carboxylic acids is 1. The van der Waals surface area contributed by atoms with E-state index in [1.165, 1.54) is 25.2 Å². The number of fused-ring (bicyclic) bond motifs is 2. The van der Waals surface area contributed by atoms with Gasteiger partial charge in [0.25, 0.3) is 0 Å². The molecule has 0 spiro atoms. The number of carbonyl (C=O) groups is 3. The molecule has 0 aliphatic carbocycles. The minimum atomic E-state index is -5.38. The van der Waals surface area contributed by atoms with Crippen molar-refractivity contribution in [1.82, 2.24) is 5.32 Å². The first-order chi connectivity index (χ1) is 33.8. The molecule has 72 heavy (non-hydrogen) atoms. The predicted octanol–water partition coefficient (Wildman–Crippen LogP) is 2.09. The van der Waals surface area contributed by atoms with E-state index in [4.69, 9.17) is 23.7 Å². The Balaban J connectivity index is 1.95. The summed E-state index contributed by atoms with van der Waals surface area (Å²) in [4.78, 5) is 37.2. The zero-order valence-corrected chi connectivity index (χ0v) is 41.0. The zero-order valence-electron chi connectivity index (χ0n) is 41.0. The Labute approximate surface area is 417 Å². The van der Waals surface area contributed by atoms with Crippen LogP contribution in [0.25, 0.3) is 0 Å². The Morgan fingerprint density at radius 3 is 1.81 bits per heavy atom. The molecule has 0 radical (unpaired) electrons. The smallest absolute Gasteiger partial charge is 0.471 e. The molecule has 3 aliphatic heterocycles. The van der Waals surface area contributed by atoms with Crippen molar-refractivity contribution in [2.24, 2.45) is 17.8 Å². The second kappa shape index (κ2) is 29.7. The number of hydrogen-bond acceptors (Lipinski definition) is 17. The molecule has 3 aliphatic rings. The van der Waals surface area contributed by atoms with Gasteiger partial charge in [0, 0.05) is 44.6 Å². The van der Waals surface area contributed by atoms with Gasteiger partial charge in [0.15, 0.2) is 12.1 Å². The fraction of sp³-hybridized carbons (Fsp3) is 0.660. The maximum atomic E-state index is 13.2. The second-order valence-corrected chi connectivity index (χ2v) is 18.7. The normalized spacial score (nSPS) is 42.4. The number of ether oxygens (including phenoxy) is 5. The molecule has 22 heteroatoms. The van der Waals surface area contributed by atoms with E-state index in [2.05, 4.69) is 0 Å². The van der Waals surface area contributed by atoms with Gasteiger partial charge in [-0.25, -0.2) is 0 Å². The predicted molar refractivity (Wildman–Crippen MR) is 252 cm³/mol. The first-order valence-corrected chi connectivity index (χ1v) is 23.9. The lowest BCUT2D eigenvalue weighted by molar-refractivity contribution is -0.317. The van der Waals surface area contributed by atoms with Gasteiger partial charge in [0.05, 0.1) is 73.5 Å². The highest BCUT2D eigenvalue weighted by Gasteiger charge is 2.53. The summed E-state index contributed by atoms with van der Waals surface area (Å²) < 4.78 is 68.7. The van der Waals surface area contributed by atoms with Crippen LogP contribution in [0.5, 0.6) is 0 Å². The molecule has 408 valence electrons. The largest absolute Gasteiger partial charge is 0.481 e. The Bertz CT molecular complexity index is 1910. The van der Waals surface area contributed by atoms with Crippen LogP contribution in [-0.4, -0.2) is 180 Å². The lowest BCUT2D eigenvalue weighted by Gasteiger charge is -2.47. The second-order valence-electron chi connectivity index (χ2n) is 18.7. The average molecular weight is 1030 g/mol. The van der Waals surface area contributed by atoms with Crippen LogP contribution in [0.2, 0.25) is 0 Å². The first-order valence-electron chi connectivity index (χ1n) is 23.9. The molecule has 0 aromatic heterocycles. The molecule has 3 heterocycles. The van der Waals surface area contributed by atoms with Crippen molar-refractivity contribution >= 4 is 17.8 Å². The monoisotopic (exact) mass is 1030 g/mol. The zero-order chi connectivity index (χ0) is 53.9. The van der Waals surface area contributed by atoms with E-state index in [0.29, 0.717) is 0 Å². The van der Waals surface area contributed by atoms with E-state index < -0.39 is 165 Å². The van der Waals surface area contributed by atoms with Gasteiger partial charge >= 0.3 is 24.0 Å². The highest BCUT2D eigenvalue weighted by atomic mass is 19.4. The molecule has 2 saturated heterocycles. The van der Waals surface area contributed by atoms with Crippen molar-refractivity contribution in [3.8, 4) is 0 Å². The Morgan fingerprint density at radius 1 is 0.681 bits per heavy atom. The van der Waals surface area contributed by atoms with Crippen molar-refractivity contribution in [3.63, 3.8) is 0 Å². The fourth-order valence-electron chi connectivity index (χ4n) is 8.53. The van der Waals surface area contributed by atoms with Crippen molar-refractivity contribution in [1.29, 1.82) is 0 Å². The van der Waals surface area contributed by atoms with Crippen LogP contribution in [0, 0.1) is 17.8 Å². The molecule has 0 aromatic rings. The van der Waals surface area contributed by atoms with E-state index in [1.54, 1.807) is 92.9 Å². The number of allylic oxidation sites excluding steroid dienone is 12. The minimum absolute atomic E-state index is 0.140. The molecule has 2 fully saturated rings. The van der Waals surface area contributed by atoms with Gasteiger partial charge in [-0.3, -0.25) is 14.4 Å². The van der Waals surface area contributed by atoms with Gasteiger partial charge in [-0.1, -0.05) is 98.9 Å². The number of hydrogen-bond donors (Lipinski definition) is 11. The van der Waals surface area contributed by atoms with Crippen molar-refractivity contribution < 1.29 is 102 Å². The number of aliphatic hydroxyl groups excluding tert-OH is 9. The van der Waals surface area contributed by atoms with Crippen molar-refractivity contribution in [3.05, 3.63) is 85.1 Å². The summed E-state index contributed by atoms with van der Waals surface area (Å²) in [6.45, 7) is 6.40. The van der Waals surface area contributed by atoms with E-state index >= 15 is 0 Å². The molecular formula is C50H74F3NO18. The van der Waals surface area contributed by atoms with E-state index in [0.717, 1.165) is 7.11 Å². The quantitative estimate of drug-likeness (QED) is 0.176. The number of esters is 1. The van der Waals surface area contributed by atoms with Gasteiger partial charge in [-0.05, 0) is 33.1 Å². The number of rotatable bonds is 5. The molecular weight excluding hydrogens is 960 g/mol. The third kappa shape index (κ3) is 19.9. The highest BCUT2D eigenvalue weighted by Crippen LogP contribution is 2.40. The summed E-state index contributed by atoms with van der Waals surface area (Å²) in [6.07, 6.45) is -5.57. The number of aliphatic hydroxyl groups is 9. The standard InChI is InChI=1S/C50H74F3NO18/c1-28-18-16-14-12-10-8-6-7-9-11-13-15-17-19-35(71-47-45(64)42(44(63)31(4)70-47)54-48(67)50(51,52)53)25-39-41(46(65)66)38(60)27-49(68-5,72-39)26-34(57)23-37(59)36(58)21-20-32(55)22-33(56)24-40(61)69-30(3)29(2)43(28)62/h6-19,28-39,41-45,47,55-60,62-64H,20-27H2,1-5H3,(H,54,67)(H,65,66)/b7-6+,10-8+,11-9+,14-12+,15-13+,18-16+,19-17+/t28-,29-,30-,31+,32+,33+,34-,35-,36+,37+,38-,39-,41+,42-,43+,44+,45-,47-,49+/m0/s1. The number of nitrogens with one attached hydrogen (secondary N) is 1. The minimum Gasteiger partial charge on any atom is -0.481 e. The van der Waals surface area contributed by atoms with Crippen LogP contribution in [0.3, 0.4) is 0 Å². The number of cyclic esters (lactones) is 1. The Hall–Kier alpha value is -4.14. The highest BCUT2D eigenvalue weighted by molar-refractivity contribution is 5.82. The van der Waals surface area contributed by atoms with E-state index in [9.17, 15) is 78.6 Å². The van der Waals surface area contributed by atoms with Gasteiger partial charge in [0.2, 0.25) is 0 Å². The van der Waals surface area contributed by atoms with Crippen LogP contribution in [0.1, 0.15) is 79.1 Å². The maximum absolute atomic E-state index is 13.2. The SMILES string of the molecule is CO[C@]12C[C@@H](O)C[C@@H](O)[C@H](O)CC[C@@H](O)C[C@@H](O)CC(=O)O[C@@H](C)[C@H](C)[C@H](O)[C@@H](C)/C=C/C=C/C=C/C=C/C=C/C=C/C=C/[C@H](O[C@@H]3O[C@H](C)[C@@H](O)[C@H](NC(=O)C(F)(F)F)[C@@H]3O)C[C@H](O1)[C@H](C(=O)O)[C@@H](O)C2. The first kappa shape index (κ1) is 62.2. The molecule has 1 amide bonds. The van der Waals surface area contributed by atoms with Gasteiger partial charge < -0.3 is 80.1 Å². The number of alkyl halides is 3. The molecule has 0 aromatic carbocycles. The molecule has 11 N–H and O–H groups in total. The molecule has 19 nitrogen and oxygen atoms in total. The van der Waals surface area contributed by atoms with Crippen molar-refractivity contribution in [2.75, 3.05) is 7.11 Å². The summed E-state index contributed by atoms with van der Waals surface area (Å²) >= 11 is 0. The van der Waals surface area contributed by atoms with Crippen LogP contribution < -0.4 is 5.32 Å². The average Bonchev–Trinajstić information content (AvgIpc) is 3.29. The summed E-state index contributed by atoms with van der Waals surface area (Å²) in [7, 11) is 1.16. The van der Waals surface area contributed by atoms with Crippen LogP contribution in [0.15, 0.2) is 85.1 Å². The molecule has 0 saturated carbocycles. The summed E-state index contributed by atoms with van der Waals surface area (Å²) in [5.41, 5.74) is 0. The number of carboxylic acid groups (broad SMARTS) is 1.